The van der Waals surface area contributed by atoms with E-state index in [9.17, 15) is 5.11 Å². The second-order valence-corrected chi connectivity index (χ2v) is 5.95. The van der Waals surface area contributed by atoms with Crippen LogP contribution >= 0.6 is 0 Å². The van der Waals surface area contributed by atoms with Gasteiger partial charge in [-0.05, 0) is 44.5 Å². The number of rotatable bonds is 8. The Morgan fingerprint density at radius 2 is 1.62 bits per heavy atom. The molecule has 0 atom stereocenters. The quantitative estimate of drug-likeness (QED) is 0.562. The van der Waals surface area contributed by atoms with Gasteiger partial charge in [0.25, 0.3) is 0 Å². The Bertz CT molecular complexity index is 443. The first kappa shape index (κ1) is 17.6. The summed E-state index contributed by atoms with van der Waals surface area (Å²) in [4.78, 5) is 0. The zero-order valence-electron chi connectivity index (χ0n) is 13.6. The van der Waals surface area contributed by atoms with Gasteiger partial charge >= 0.3 is 0 Å². The first-order valence-corrected chi connectivity index (χ1v) is 7.99. The Kier molecular flexibility index (Phi) is 7.93. The molecule has 2 nitrogen and oxygen atoms in total. The molecule has 0 saturated heterocycles. The van der Waals surface area contributed by atoms with Crippen LogP contribution in [0.25, 0.3) is 0 Å². The minimum Gasteiger partial charge on any atom is -0.494 e. The monoisotopic (exact) mass is 288 g/mol. The molecule has 0 aliphatic rings. The van der Waals surface area contributed by atoms with E-state index in [0.29, 0.717) is 0 Å². The molecule has 0 amide bonds. The van der Waals surface area contributed by atoms with Crippen LogP contribution in [0.3, 0.4) is 0 Å². The Morgan fingerprint density at radius 3 is 2.24 bits per heavy atom. The van der Waals surface area contributed by atoms with Gasteiger partial charge in [0.1, 0.15) is 11.4 Å². The van der Waals surface area contributed by atoms with E-state index in [1.807, 2.05) is 24.3 Å². The van der Waals surface area contributed by atoms with E-state index < -0.39 is 5.60 Å². The molecule has 2 heteroatoms. The van der Waals surface area contributed by atoms with E-state index in [0.717, 1.165) is 24.3 Å². The number of unbranched alkanes of at least 4 members (excludes halogenated alkanes) is 5. The fraction of sp³-hybridized carbons (Fsp3) is 0.579. The molecule has 0 fully saturated rings. The van der Waals surface area contributed by atoms with Gasteiger partial charge in [-0.25, -0.2) is 0 Å². The number of hydrogen-bond acceptors (Lipinski definition) is 2. The third-order valence-electron chi connectivity index (χ3n) is 3.13. The minimum absolute atomic E-state index is 0.779. The third kappa shape index (κ3) is 9.15. The van der Waals surface area contributed by atoms with Crippen LogP contribution in [0.5, 0.6) is 5.75 Å². The maximum Gasteiger partial charge on any atom is 0.120 e. The topological polar surface area (TPSA) is 29.5 Å². The lowest BCUT2D eigenvalue weighted by molar-refractivity contribution is 0.143. The molecule has 0 aromatic heterocycles. The van der Waals surface area contributed by atoms with Crippen molar-refractivity contribution in [1.29, 1.82) is 0 Å². The van der Waals surface area contributed by atoms with Crippen LogP contribution in [0.1, 0.15) is 64.9 Å². The molecule has 1 rings (SSSR count). The summed E-state index contributed by atoms with van der Waals surface area (Å²) in [6, 6.07) is 7.72. The van der Waals surface area contributed by atoms with Crippen molar-refractivity contribution < 1.29 is 9.84 Å². The van der Waals surface area contributed by atoms with Crippen molar-refractivity contribution >= 4 is 0 Å². The highest BCUT2D eigenvalue weighted by Crippen LogP contribution is 2.13. The summed E-state index contributed by atoms with van der Waals surface area (Å²) < 4.78 is 5.72. The Balaban J connectivity index is 2.26. The Labute approximate surface area is 129 Å². The molecule has 1 aromatic carbocycles. The van der Waals surface area contributed by atoms with E-state index in [2.05, 4.69) is 18.8 Å². The van der Waals surface area contributed by atoms with E-state index >= 15 is 0 Å². The van der Waals surface area contributed by atoms with Crippen molar-refractivity contribution in [3.05, 3.63) is 29.8 Å². The second kappa shape index (κ2) is 9.47. The van der Waals surface area contributed by atoms with Crippen LogP contribution in [0.4, 0.5) is 0 Å². The smallest absolute Gasteiger partial charge is 0.120 e. The van der Waals surface area contributed by atoms with E-state index in [1.165, 1.54) is 32.1 Å². The molecule has 0 unspecified atom stereocenters. The highest BCUT2D eigenvalue weighted by atomic mass is 16.5. The second-order valence-electron chi connectivity index (χ2n) is 5.95. The molecule has 0 radical (unpaired) electrons. The predicted octanol–water partition coefficient (Wildman–Crippen LogP) is 4.55. The fourth-order valence-electron chi connectivity index (χ4n) is 1.93. The molecule has 0 heterocycles. The fourth-order valence-corrected chi connectivity index (χ4v) is 1.93. The molecule has 116 valence electrons. The minimum atomic E-state index is -0.951. The molecule has 0 spiro atoms. The van der Waals surface area contributed by atoms with Crippen molar-refractivity contribution in [2.45, 2.75) is 64.9 Å². The van der Waals surface area contributed by atoms with Gasteiger partial charge in [-0.3, -0.25) is 0 Å². The number of ether oxygens (including phenoxy) is 1. The number of aliphatic hydroxyl groups is 1. The lowest BCUT2D eigenvalue weighted by Gasteiger charge is -2.07. The molecule has 0 aliphatic carbocycles. The van der Waals surface area contributed by atoms with E-state index in [1.54, 1.807) is 13.8 Å². The highest BCUT2D eigenvalue weighted by molar-refractivity contribution is 5.39. The largest absolute Gasteiger partial charge is 0.494 e. The average molecular weight is 288 g/mol. The van der Waals surface area contributed by atoms with Gasteiger partial charge in [0, 0.05) is 5.56 Å². The summed E-state index contributed by atoms with van der Waals surface area (Å²) in [5.74, 6) is 6.64. The van der Waals surface area contributed by atoms with Crippen LogP contribution in [0, 0.1) is 11.8 Å². The standard InChI is InChI=1S/C19H28O2/c1-4-5-6-7-8-9-16-21-18-12-10-17(11-13-18)14-15-19(2,3)20/h10-13,20H,4-9,16H2,1-3H3. The van der Waals surface area contributed by atoms with Crippen LogP contribution in [0.15, 0.2) is 24.3 Å². The normalized spacial score (nSPS) is 10.9. The Hall–Kier alpha value is -1.46. The van der Waals surface area contributed by atoms with Crippen molar-refractivity contribution in [3.63, 3.8) is 0 Å². The van der Waals surface area contributed by atoms with Gasteiger partial charge in [-0.1, -0.05) is 50.9 Å². The first-order valence-electron chi connectivity index (χ1n) is 7.99. The molecular formula is C19H28O2. The molecule has 0 saturated carbocycles. The summed E-state index contributed by atoms with van der Waals surface area (Å²) in [7, 11) is 0. The lowest BCUT2D eigenvalue weighted by Crippen LogP contribution is -2.14. The van der Waals surface area contributed by atoms with E-state index in [-0.39, 0.29) is 0 Å². The third-order valence-corrected chi connectivity index (χ3v) is 3.13. The maximum atomic E-state index is 9.56. The maximum absolute atomic E-state index is 9.56. The molecule has 21 heavy (non-hydrogen) atoms. The Morgan fingerprint density at radius 1 is 1.00 bits per heavy atom. The molecule has 0 bridgehead atoms. The summed E-state index contributed by atoms with van der Waals surface area (Å²) >= 11 is 0. The van der Waals surface area contributed by atoms with Crippen LogP contribution in [-0.2, 0) is 0 Å². The lowest BCUT2D eigenvalue weighted by atomic mass is 10.1. The molecular weight excluding hydrogens is 260 g/mol. The van der Waals surface area contributed by atoms with Gasteiger partial charge in [-0.15, -0.1) is 0 Å². The first-order chi connectivity index (χ1) is 10.0. The number of hydrogen-bond donors (Lipinski definition) is 1. The molecule has 0 aliphatic heterocycles. The molecule has 1 N–H and O–H groups in total. The average Bonchev–Trinajstić information content (AvgIpc) is 2.44. The summed E-state index contributed by atoms with van der Waals surface area (Å²) in [6.07, 6.45) is 7.64. The van der Waals surface area contributed by atoms with Crippen molar-refractivity contribution in [3.8, 4) is 17.6 Å². The van der Waals surface area contributed by atoms with E-state index in [4.69, 9.17) is 4.74 Å². The summed E-state index contributed by atoms with van der Waals surface area (Å²) in [5, 5.41) is 9.56. The predicted molar refractivity (Wildman–Crippen MR) is 88.5 cm³/mol. The highest BCUT2D eigenvalue weighted by Gasteiger charge is 2.05. The van der Waals surface area contributed by atoms with Crippen LogP contribution in [-0.4, -0.2) is 17.3 Å². The van der Waals surface area contributed by atoms with Gasteiger partial charge in [-0.2, -0.15) is 0 Å². The summed E-state index contributed by atoms with van der Waals surface area (Å²) in [5.41, 5.74) is -0.0588. The zero-order chi connectivity index (χ0) is 15.6. The van der Waals surface area contributed by atoms with Crippen LogP contribution < -0.4 is 4.74 Å². The van der Waals surface area contributed by atoms with Gasteiger partial charge in [0.05, 0.1) is 6.61 Å². The van der Waals surface area contributed by atoms with Gasteiger partial charge in [0.15, 0.2) is 0 Å². The van der Waals surface area contributed by atoms with Gasteiger partial charge in [0.2, 0.25) is 0 Å². The zero-order valence-corrected chi connectivity index (χ0v) is 13.6. The molecule has 1 aromatic rings. The van der Waals surface area contributed by atoms with Gasteiger partial charge < -0.3 is 9.84 Å². The van der Waals surface area contributed by atoms with Crippen molar-refractivity contribution in [1.82, 2.24) is 0 Å². The number of benzene rings is 1. The summed E-state index contributed by atoms with van der Waals surface area (Å²) in [6.45, 7) is 6.37. The SMILES string of the molecule is CCCCCCCCOc1ccc(C#CC(C)(C)O)cc1. The van der Waals surface area contributed by atoms with Crippen molar-refractivity contribution in [2.75, 3.05) is 6.61 Å². The van der Waals surface area contributed by atoms with Crippen molar-refractivity contribution in [2.24, 2.45) is 0 Å². The van der Waals surface area contributed by atoms with Crippen LogP contribution in [0.2, 0.25) is 0 Å².